The third kappa shape index (κ3) is 4.01. The smallest absolute Gasteiger partial charge is 0.262 e. The molecule has 4 rings (SSSR count). The molecule has 0 bridgehead atoms. The van der Waals surface area contributed by atoms with E-state index in [0.29, 0.717) is 23.2 Å². The minimum atomic E-state index is -0.252. The van der Waals surface area contributed by atoms with Crippen molar-refractivity contribution in [1.82, 2.24) is 9.55 Å². The molecule has 0 saturated carbocycles. The van der Waals surface area contributed by atoms with Crippen LogP contribution in [0.4, 0.5) is 5.69 Å². The standard InChI is InChI=1S/C23H25N3O3/c1-23(2,3)15-6-8-16(9-7-15)24-21(27)14-29-17-10-11-19-18(13-17)22(28)26-12-4-5-20(26)25-19/h6-11,13H,4-5,12,14H2,1-3H3,(H,24,27). The average molecular weight is 391 g/mol. The van der Waals surface area contributed by atoms with Crippen LogP contribution in [-0.4, -0.2) is 22.1 Å². The molecule has 2 aromatic carbocycles. The average Bonchev–Trinajstić information content (AvgIpc) is 3.15. The van der Waals surface area contributed by atoms with Crippen molar-refractivity contribution >= 4 is 22.5 Å². The van der Waals surface area contributed by atoms with Gasteiger partial charge < -0.3 is 10.1 Å². The molecule has 6 nitrogen and oxygen atoms in total. The zero-order valence-corrected chi connectivity index (χ0v) is 17.0. The number of ether oxygens (including phenoxy) is 1. The molecule has 29 heavy (non-hydrogen) atoms. The Hall–Kier alpha value is -3.15. The molecule has 2 heterocycles. The van der Waals surface area contributed by atoms with Crippen molar-refractivity contribution in [3.63, 3.8) is 0 Å². The molecule has 3 aromatic rings. The van der Waals surface area contributed by atoms with Gasteiger partial charge in [-0.25, -0.2) is 4.98 Å². The van der Waals surface area contributed by atoms with Gasteiger partial charge in [0.1, 0.15) is 11.6 Å². The zero-order valence-electron chi connectivity index (χ0n) is 17.0. The number of nitrogens with zero attached hydrogens (tertiary/aromatic N) is 2. The van der Waals surface area contributed by atoms with E-state index in [9.17, 15) is 9.59 Å². The number of carbonyl (C=O) groups is 1. The van der Waals surface area contributed by atoms with Gasteiger partial charge in [-0.05, 0) is 47.7 Å². The Morgan fingerprint density at radius 3 is 2.66 bits per heavy atom. The lowest BCUT2D eigenvalue weighted by molar-refractivity contribution is -0.118. The lowest BCUT2D eigenvalue weighted by Gasteiger charge is -2.19. The minimum Gasteiger partial charge on any atom is -0.484 e. The molecule has 1 aromatic heterocycles. The summed E-state index contributed by atoms with van der Waals surface area (Å²) in [6.07, 6.45) is 1.78. The maximum absolute atomic E-state index is 12.6. The molecule has 0 fully saturated rings. The van der Waals surface area contributed by atoms with E-state index in [2.05, 4.69) is 31.1 Å². The highest BCUT2D eigenvalue weighted by atomic mass is 16.5. The molecule has 0 unspecified atom stereocenters. The molecular weight excluding hydrogens is 366 g/mol. The first-order chi connectivity index (χ1) is 13.8. The Morgan fingerprint density at radius 2 is 1.93 bits per heavy atom. The van der Waals surface area contributed by atoms with Gasteiger partial charge in [0.25, 0.3) is 11.5 Å². The van der Waals surface area contributed by atoms with Crippen LogP contribution in [0.3, 0.4) is 0 Å². The summed E-state index contributed by atoms with van der Waals surface area (Å²) < 4.78 is 7.33. The van der Waals surface area contributed by atoms with Gasteiger partial charge in [0, 0.05) is 18.7 Å². The second-order valence-corrected chi connectivity index (χ2v) is 8.43. The number of nitrogens with one attached hydrogen (secondary N) is 1. The van der Waals surface area contributed by atoms with Crippen LogP contribution in [0.25, 0.3) is 10.9 Å². The lowest BCUT2D eigenvalue weighted by atomic mass is 9.87. The number of carbonyl (C=O) groups excluding carboxylic acids is 1. The molecule has 0 aliphatic carbocycles. The molecule has 6 heteroatoms. The molecule has 0 radical (unpaired) electrons. The molecule has 1 aliphatic rings. The number of amides is 1. The van der Waals surface area contributed by atoms with E-state index < -0.39 is 0 Å². The van der Waals surface area contributed by atoms with E-state index in [1.54, 1.807) is 22.8 Å². The number of anilines is 1. The summed E-state index contributed by atoms with van der Waals surface area (Å²) in [6.45, 7) is 7.01. The maximum atomic E-state index is 12.6. The van der Waals surface area contributed by atoms with Gasteiger partial charge in [-0.15, -0.1) is 0 Å². The highest BCUT2D eigenvalue weighted by Crippen LogP contribution is 2.23. The van der Waals surface area contributed by atoms with Crippen molar-refractivity contribution in [3.8, 4) is 5.75 Å². The third-order valence-corrected chi connectivity index (χ3v) is 5.19. The molecule has 1 N–H and O–H groups in total. The van der Waals surface area contributed by atoms with Gasteiger partial charge in [-0.1, -0.05) is 32.9 Å². The predicted molar refractivity (Wildman–Crippen MR) is 114 cm³/mol. The van der Waals surface area contributed by atoms with Crippen molar-refractivity contribution in [2.75, 3.05) is 11.9 Å². The van der Waals surface area contributed by atoms with Crippen LogP contribution in [0.5, 0.6) is 5.75 Å². The highest BCUT2D eigenvalue weighted by Gasteiger charge is 2.17. The van der Waals surface area contributed by atoms with Crippen molar-refractivity contribution in [1.29, 1.82) is 0 Å². The summed E-state index contributed by atoms with van der Waals surface area (Å²) >= 11 is 0. The number of fused-ring (bicyclic) bond motifs is 2. The van der Waals surface area contributed by atoms with Crippen molar-refractivity contribution < 1.29 is 9.53 Å². The number of rotatable bonds is 4. The second-order valence-electron chi connectivity index (χ2n) is 8.43. The van der Waals surface area contributed by atoms with E-state index in [4.69, 9.17) is 4.74 Å². The molecule has 0 spiro atoms. The van der Waals surface area contributed by atoms with Gasteiger partial charge in [-0.3, -0.25) is 14.2 Å². The van der Waals surface area contributed by atoms with E-state index in [1.807, 2.05) is 24.3 Å². The number of hydrogen-bond donors (Lipinski definition) is 1. The third-order valence-electron chi connectivity index (χ3n) is 5.19. The summed E-state index contributed by atoms with van der Waals surface area (Å²) in [7, 11) is 0. The topological polar surface area (TPSA) is 73.2 Å². The Bertz CT molecular complexity index is 1130. The largest absolute Gasteiger partial charge is 0.484 e. The minimum absolute atomic E-state index is 0.0451. The van der Waals surface area contributed by atoms with Gasteiger partial charge in [0.15, 0.2) is 6.61 Å². The highest BCUT2D eigenvalue weighted by molar-refractivity contribution is 5.92. The summed E-state index contributed by atoms with van der Waals surface area (Å²) in [5.74, 6) is 1.07. The fraction of sp³-hybridized carbons (Fsp3) is 0.348. The van der Waals surface area contributed by atoms with Crippen LogP contribution in [0.1, 0.15) is 38.6 Å². The Morgan fingerprint density at radius 1 is 1.17 bits per heavy atom. The lowest BCUT2D eigenvalue weighted by Crippen LogP contribution is -2.22. The SMILES string of the molecule is CC(C)(C)c1ccc(NC(=O)COc2ccc3nc4n(c(=O)c3c2)CCC4)cc1. The van der Waals surface area contributed by atoms with Gasteiger partial charge >= 0.3 is 0 Å². The van der Waals surface area contributed by atoms with E-state index in [0.717, 1.165) is 24.4 Å². The summed E-state index contributed by atoms with van der Waals surface area (Å²) in [6, 6.07) is 13.0. The summed E-state index contributed by atoms with van der Waals surface area (Å²) in [4.78, 5) is 29.4. The normalized spacial score (nSPS) is 13.3. The Balaban J connectivity index is 1.43. The van der Waals surface area contributed by atoms with Crippen molar-refractivity contribution in [3.05, 3.63) is 64.2 Å². The van der Waals surface area contributed by atoms with Crippen LogP contribution in [-0.2, 0) is 23.2 Å². The molecular formula is C23H25N3O3. The number of aromatic nitrogens is 2. The van der Waals surface area contributed by atoms with Crippen LogP contribution >= 0.6 is 0 Å². The quantitative estimate of drug-likeness (QED) is 0.737. The molecule has 1 aliphatic heterocycles. The van der Waals surface area contributed by atoms with Crippen molar-refractivity contribution in [2.24, 2.45) is 0 Å². The predicted octanol–water partition coefficient (Wildman–Crippen LogP) is 3.66. The fourth-order valence-electron chi connectivity index (χ4n) is 3.55. The van der Waals surface area contributed by atoms with E-state index >= 15 is 0 Å². The van der Waals surface area contributed by atoms with Crippen molar-refractivity contribution in [2.45, 2.75) is 45.6 Å². The molecule has 0 saturated heterocycles. The van der Waals surface area contributed by atoms with Crippen LogP contribution in [0.15, 0.2) is 47.3 Å². The van der Waals surface area contributed by atoms with E-state index in [-0.39, 0.29) is 23.5 Å². The summed E-state index contributed by atoms with van der Waals surface area (Å²) in [5, 5.41) is 3.35. The fourth-order valence-corrected chi connectivity index (χ4v) is 3.55. The monoisotopic (exact) mass is 391 g/mol. The van der Waals surface area contributed by atoms with Crippen LogP contribution < -0.4 is 15.6 Å². The number of benzene rings is 2. The first-order valence-corrected chi connectivity index (χ1v) is 9.88. The van der Waals surface area contributed by atoms with Crippen LogP contribution in [0.2, 0.25) is 0 Å². The molecule has 0 atom stereocenters. The van der Waals surface area contributed by atoms with E-state index in [1.165, 1.54) is 5.56 Å². The van der Waals surface area contributed by atoms with Gasteiger partial charge in [-0.2, -0.15) is 0 Å². The maximum Gasteiger partial charge on any atom is 0.262 e. The second kappa shape index (κ2) is 7.35. The zero-order chi connectivity index (χ0) is 20.6. The number of aryl methyl sites for hydroxylation is 1. The molecule has 1 amide bonds. The molecule has 150 valence electrons. The van der Waals surface area contributed by atoms with Crippen LogP contribution in [0, 0.1) is 0 Å². The van der Waals surface area contributed by atoms with Gasteiger partial charge in [0.05, 0.1) is 10.9 Å². The first-order valence-electron chi connectivity index (χ1n) is 9.88. The first kappa shape index (κ1) is 19.2. The number of hydrogen-bond acceptors (Lipinski definition) is 4. The Kier molecular flexibility index (Phi) is 4.86. The Labute approximate surface area is 169 Å². The summed E-state index contributed by atoms with van der Waals surface area (Å²) in [5.41, 5.74) is 2.61. The van der Waals surface area contributed by atoms with Gasteiger partial charge in [0.2, 0.25) is 0 Å².